The molecule has 0 heterocycles. The van der Waals surface area contributed by atoms with Crippen LogP contribution in [0.4, 0.5) is 26.3 Å². The Labute approximate surface area is 107 Å². The van der Waals surface area contributed by atoms with Gasteiger partial charge in [0.1, 0.15) is 0 Å². The second kappa shape index (κ2) is 4.69. The zero-order valence-electron chi connectivity index (χ0n) is 9.39. The minimum absolute atomic E-state index is 0.0232. The quantitative estimate of drug-likeness (QED) is 0.818. The monoisotopic (exact) mass is 300 g/mol. The van der Waals surface area contributed by atoms with Gasteiger partial charge in [0.2, 0.25) is 11.8 Å². The molecule has 4 N–H and O–H groups in total. The summed E-state index contributed by atoms with van der Waals surface area (Å²) in [6, 6.07) is 0.0463. The molecule has 0 saturated carbocycles. The summed E-state index contributed by atoms with van der Waals surface area (Å²) in [5.41, 5.74) is 2.59. The first-order valence-electron chi connectivity index (χ1n) is 4.78. The number of rotatable bonds is 2. The van der Waals surface area contributed by atoms with E-state index < -0.39 is 46.4 Å². The Hall–Kier alpha value is -2.26. The number of primary amides is 2. The lowest BCUT2D eigenvalue weighted by atomic mass is 9.94. The fraction of sp³-hybridized carbons (Fsp3) is 0.200. The van der Waals surface area contributed by atoms with Crippen molar-refractivity contribution in [3.63, 3.8) is 0 Å². The normalized spacial score (nSPS) is 12.3. The molecule has 110 valence electrons. The second-order valence-electron chi connectivity index (χ2n) is 3.63. The van der Waals surface area contributed by atoms with E-state index in [-0.39, 0.29) is 12.1 Å². The van der Waals surface area contributed by atoms with E-state index in [0.717, 1.165) is 0 Å². The van der Waals surface area contributed by atoms with E-state index in [0.29, 0.717) is 0 Å². The Morgan fingerprint density at radius 2 is 1.00 bits per heavy atom. The maximum Gasteiger partial charge on any atom is 0.417 e. The summed E-state index contributed by atoms with van der Waals surface area (Å²) >= 11 is 0. The number of amides is 2. The van der Waals surface area contributed by atoms with Gasteiger partial charge >= 0.3 is 12.4 Å². The standard InChI is InChI=1S/C10H6F6N2O2/c11-9(12,13)3-1-2-4(10(14,15)16)6(8(18)20)5(3)7(17)19/h1-2H,(H2,17,19)(H2,18,20). The summed E-state index contributed by atoms with van der Waals surface area (Å²) in [6.07, 6.45) is -10.3. The molecule has 0 aromatic heterocycles. The van der Waals surface area contributed by atoms with Gasteiger partial charge in [0, 0.05) is 0 Å². The van der Waals surface area contributed by atoms with Crippen LogP contribution in [-0.2, 0) is 12.4 Å². The third-order valence-electron chi connectivity index (χ3n) is 2.31. The van der Waals surface area contributed by atoms with E-state index in [2.05, 4.69) is 11.5 Å². The van der Waals surface area contributed by atoms with E-state index in [9.17, 15) is 35.9 Å². The minimum Gasteiger partial charge on any atom is -0.366 e. The molecule has 1 rings (SSSR count). The van der Waals surface area contributed by atoms with Gasteiger partial charge in [-0.1, -0.05) is 0 Å². The molecule has 0 spiro atoms. The van der Waals surface area contributed by atoms with Crippen molar-refractivity contribution in [2.75, 3.05) is 0 Å². The molecule has 0 aliphatic rings. The number of carbonyl (C=O) groups excluding carboxylic acids is 2. The summed E-state index contributed by atoms with van der Waals surface area (Å²) in [7, 11) is 0. The Morgan fingerprint density at radius 1 is 0.750 bits per heavy atom. The fourth-order valence-corrected chi connectivity index (χ4v) is 1.59. The van der Waals surface area contributed by atoms with Crippen molar-refractivity contribution in [2.45, 2.75) is 12.4 Å². The highest BCUT2D eigenvalue weighted by atomic mass is 19.4. The average Bonchev–Trinajstić information content (AvgIpc) is 2.24. The van der Waals surface area contributed by atoms with E-state index in [1.54, 1.807) is 0 Å². The van der Waals surface area contributed by atoms with Gasteiger partial charge in [0.25, 0.3) is 0 Å². The Morgan fingerprint density at radius 3 is 1.15 bits per heavy atom. The van der Waals surface area contributed by atoms with Gasteiger partial charge in [-0.3, -0.25) is 9.59 Å². The van der Waals surface area contributed by atoms with Crippen molar-refractivity contribution >= 4 is 11.8 Å². The molecule has 1 aromatic rings. The van der Waals surface area contributed by atoms with Crippen molar-refractivity contribution in [3.05, 3.63) is 34.4 Å². The van der Waals surface area contributed by atoms with Crippen LogP contribution in [0.1, 0.15) is 31.8 Å². The van der Waals surface area contributed by atoms with Crippen molar-refractivity contribution in [1.29, 1.82) is 0 Å². The third kappa shape index (κ3) is 2.83. The van der Waals surface area contributed by atoms with E-state index >= 15 is 0 Å². The van der Waals surface area contributed by atoms with Crippen LogP contribution in [-0.4, -0.2) is 11.8 Å². The molecule has 20 heavy (non-hydrogen) atoms. The van der Waals surface area contributed by atoms with Crippen LogP contribution in [0.3, 0.4) is 0 Å². The lowest BCUT2D eigenvalue weighted by Gasteiger charge is -2.18. The lowest BCUT2D eigenvalue weighted by molar-refractivity contribution is -0.141. The van der Waals surface area contributed by atoms with Gasteiger partial charge in [-0.25, -0.2) is 0 Å². The molecule has 2 amide bonds. The molecule has 0 fully saturated rings. The minimum atomic E-state index is -5.17. The lowest BCUT2D eigenvalue weighted by Crippen LogP contribution is -2.28. The van der Waals surface area contributed by atoms with Gasteiger partial charge in [-0.15, -0.1) is 0 Å². The van der Waals surface area contributed by atoms with Crippen LogP contribution in [0, 0.1) is 0 Å². The molecule has 0 saturated heterocycles. The van der Waals surface area contributed by atoms with Gasteiger partial charge in [0.15, 0.2) is 0 Å². The van der Waals surface area contributed by atoms with Crippen molar-refractivity contribution in [2.24, 2.45) is 11.5 Å². The zero-order chi connectivity index (χ0) is 15.9. The van der Waals surface area contributed by atoms with Crippen LogP contribution in [0.15, 0.2) is 12.1 Å². The first-order chi connectivity index (χ1) is 8.87. The number of carbonyl (C=O) groups is 2. The molecule has 10 heteroatoms. The molecule has 0 atom stereocenters. The Kier molecular flexibility index (Phi) is 3.70. The van der Waals surface area contributed by atoms with Crippen molar-refractivity contribution in [3.8, 4) is 0 Å². The van der Waals surface area contributed by atoms with E-state index in [1.807, 2.05) is 0 Å². The third-order valence-corrected chi connectivity index (χ3v) is 2.31. The van der Waals surface area contributed by atoms with Crippen LogP contribution < -0.4 is 11.5 Å². The highest BCUT2D eigenvalue weighted by Gasteiger charge is 2.42. The predicted octanol–water partition coefficient (Wildman–Crippen LogP) is 1.92. The van der Waals surface area contributed by atoms with Crippen LogP contribution in [0.2, 0.25) is 0 Å². The number of halogens is 6. The maximum absolute atomic E-state index is 12.6. The molecular formula is C10H6F6N2O2. The van der Waals surface area contributed by atoms with Crippen LogP contribution in [0.25, 0.3) is 0 Å². The summed E-state index contributed by atoms with van der Waals surface area (Å²) in [5.74, 6) is -3.67. The second-order valence-corrected chi connectivity index (χ2v) is 3.63. The molecule has 0 unspecified atom stereocenters. The average molecular weight is 300 g/mol. The molecule has 0 aliphatic heterocycles. The number of alkyl halides is 6. The van der Waals surface area contributed by atoms with Crippen LogP contribution >= 0.6 is 0 Å². The van der Waals surface area contributed by atoms with E-state index in [4.69, 9.17) is 0 Å². The maximum atomic E-state index is 12.6. The predicted molar refractivity (Wildman–Crippen MR) is 53.5 cm³/mol. The fourth-order valence-electron chi connectivity index (χ4n) is 1.59. The molecule has 1 aromatic carbocycles. The summed E-state index contributed by atoms with van der Waals surface area (Å²) in [6.45, 7) is 0. The Bertz CT molecular complexity index is 525. The molecule has 0 aliphatic carbocycles. The van der Waals surface area contributed by atoms with E-state index in [1.165, 1.54) is 0 Å². The number of nitrogens with two attached hydrogens (primary N) is 2. The number of benzene rings is 1. The zero-order valence-corrected chi connectivity index (χ0v) is 9.39. The highest BCUT2D eigenvalue weighted by Crippen LogP contribution is 2.39. The highest BCUT2D eigenvalue weighted by molar-refractivity contribution is 6.08. The van der Waals surface area contributed by atoms with Gasteiger partial charge in [-0.05, 0) is 12.1 Å². The van der Waals surface area contributed by atoms with Crippen LogP contribution in [0.5, 0.6) is 0 Å². The van der Waals surface area contributed by atoms with Gasteiger partial charge in [0.05, 0.1) is 22.3 Å². The molecule has 0 radical (unpaired) electrons. The SMILES string of the molecule is NC(=O)c1c(C(F)(F)F)ccc(C(F)(F)F)c1C(N)=O. The van der Waals surface area contributed by atoms with Gasteiger partial charge < -0.3 is 11.5 Å². The van der Waals surface area contributed by atoms with Gasteiger partial charge in [-0.2, -0.15) is 26.3 Å². The molecule has 4 nitrogen and oxygen atoms in total. The molecular weight excluding hydrogens is 294 g/mol. The van der Waals surface area contributed by atoms with Crippen molar-refractivity contribution < 1.29 is 35.9 Å². The largest absolute Gasteiger partial charge is 0.417 e. The Balaban J connectivity index is 3.88. The topological polar surface area (TPSA) is 86.2 Å². The first-order valence-corrected chi connectivity index (χ1v) is 4.78. The molecule has 0 bridgehead atoms. The summed E-state index contributed by atoms with van der Waals surface area (Å²) in [5, 5.41) is 0. The first kappa shape index (κ1) is 15.8. The summed E-state index contributed by atoms with van der Waals surface area (Å²) < 4.78 is 75.8. The number of hydrogen-bond donors (Lipinski definition) is 2. The smallest absolute Gasteiger partial charge is 0.366 e. The summed E-state index contributed by atoms with van der Waals surface area (Å²) in [4.78, 5) is 22.0. The number of hydrogen-bond acceptors (Lipinski definition) is 2. The van der Waals surface area contributed by atoms with Crippen molar-refractivity contribution in [1.82, 2.24) is 0 Å².